The molecular weight excluding hydrogens is 544 g/mol. The van der Waals surface area contributed by atoms with Gasteiger partial charge in [0.2, 0.25) is 0 Å². The van der Waals surface area contributed by atoms with Crippen LogP contribution in [0.4, 0.5) is 0 Å². The van der Waals surface area contributed by atoms with Gasteiger partial charge < -0.3 is 9.47 Å². The quantitative estimate of drug-likeness (QED) is 0.179. The Balaban J connectivity index is 1.47. The molecule has 1 fully saturated rings. The van der Waals surface area contributed by atoms with Gasteiger partial charge in [0.15, 0.2) is 0 Å². The fourth-order valence-corrected chi connectivity index (χ4v) is 8.28. The van der Waals surface area contributed by atoms with Crippen molar-refractivity contribution >= 4 is 11.9 Å². The predicted octanol–water partition coefficient (Wildman–Crippen LogP) is 7.30. The molecular formula is C40H32O4. The number of cyclic esters (lactones) is 2. The Kier molecular flexibility index (Phi) is 6.26. The molecule has 4 aromatic carbocycles. The first-order chi connectivity index (χ1) is 21.6. The van der Waals surface area contributed by atoms with Gasteiger partial charge in [-0.15, -0.1) is 0 Å². The highest BCUT2D eigenvalue weighted by atomic mass is 16.5. The monoisotopic (exact) mass is 576 g/mol. The molecule has 216 valence electrons. The van der Waals surface area contributed by atoms with Gasteiger partial charge in [0.1, 0.15) is 13.2 Å². The van der Waals surface area contributed by atoms with Crippen molar-refractivity contribution < 1.29 is 19.1 Å². The van der Waals surface area contributed by atoms with Gasteiger partial charge in [-0.2, -0.15) is 0 Å². The van der Waals surface area contributed by atoms with Crippen molar-refractivity contribution in [2.45, 2.75) is 24.7 Å². The zero-order valence-corrected chi connectivity index (χ0v) is 24.3. The standard InChI is InChI=1S/C40H32O4/c41-37-31(23-27-13-5-1-6-14-27)35-33(29-17-9-3-10-18-29)40-22-21-39(35,25-43-37)34(30-19-11-4-12-20-30)36(40)32(38(42)44-26-40)24-28-15-7-2-8-16-28/h1-22,33-34H,23-26H2/t33-,34+,39-,40-/m0/s1. The summed E-state index contributed by atoms with van der Waals surface area (Å²) < 4.78 is 12.3. The molecule has 0 amide bonds. The van der Waals surface area contributed by atoms with Crippen molar-refractivity contribution in [3.63, 3.8) is 0 Å². The second-order valence-electron chi connectivity index (χ2n) is 12.4. The van der Waals surface area contributed by atoms with Crippen LogP contribution >= 0.6 is 0 Å². The molecule has 9 rings (SSSR count). The van der Waals surface area contributed by atoms with E-state index in [1.165, 1.54) is 0 Å². The lowest BCUT2D eigenvalue weighted by atomic mass is 9.41. The van der Waals surface area contributed by atoms with E-state index in [9.17, 15) is 9.59 Å². The Labute approximate surface area is 257 Å². The van der Waals surface area contributed by atoms with E-state index >= 15 is 0 Å². The van der Waals surface area contributed by atoms with E-state index in [-0.39, 0.29) is 37.0 Å². The zero-order chi connectivity index (χ0) is 29.7. The second kappa shape index (κ2) is 10.3. The second-order valence-corrected chi connectivity index (χ2v) is 12.4. The van der Waals surface area contributed by atoms with Gasteiger partial charge in [0, 0.05) is 35.8 Å². The number of benzene rings is 4. The van der Waals surface area contributed by atoms with Crippen LogP contribution in [0.25, 0.3) is 0 Å². The van der Waals surface area contributed by atoms with Crippen LogP contribution in [-0.2, 0) is 31.9 Å². The zero-order valence-electron chi connectivity index (χ0n) is 24.3. The van der Waals surface area contributed by atoms with Gasteiger partial charge in [0.25, 0.3) is 0 Å². The Morgan fingerprint density at radius 1 is 0.500 bits per heavy atom. The molecule has 4 heteroatoms. The third-order valence-electron chi connectivity index (χ3n) is 10.0. The number of rotatable bonds is 6. The molecule has 2 heterocycles. The topological polar surface area (TPSA) is 52.6 Å². The maximum absolute atomic E-state index is 13.9. The molecule has 2 bridgehead atoms. The molecule has 0 radical (unpaired) electrons. The van der Waals surface area contributed by atoms with Crippen molar-refractivity contribution in [3.05, 3.63) is 178 Å². The summed E-state index contributed by atoms with van der Waals surface area (Å²) in [4.78, 5) is 27.7. The summed E-state index contributed by atoms with van der Waals surface area (Å²) in [6.07, 6.45) is 5.50. The largest absolute Gasteiger partial charge is 0.461 e. The molecule has 2 spiro atoms. The van der Waals surface area contributed by atoms with Gasteiger partial charge in [-0.05, 0) is 33.4 Å². The molecule has 44 heavy (non-hydrogen) atoms. The number of hydrogen-bond acceptors (Lipinski definition) is 4. The van der Waals surface area contributed by atoms with Crippen molar-refractivity contribution in [1.29, 1.82) is 0 Å². The summed E-state index contributed by atoms with van der Waals surface area (Å²) >= 11 is 0. The summed E-state index contributed by atoms with van der Waals surface area (Å²) in [7, 11) is 0. The lowest BCUT2D eigenvalue weighted by molar-refractivity contribution is -0.149. The molecule has 4 nitrogen and oxygen atoms in total. The minimum Gasteiger partial charge on any atom is -0.461 e. The first-order valence-corrected chi connectivity index (χ1v) is 15.3. The van der Waals surface area contributed by atoms with E-state index in [0.717, 1.165) is 33.4 Å². The highest BCUT2D eigenvalue weighted by Gasteiger charge is 2.67. The highest BCUT2D eigenvalue weighted by molar-refractivity contribution is 5.95. The van der Waals surface area contributed by atoms with Gasteiger partial charge in [-0.1, -0.05) is 133 Å². The van der Waals surface area contributed by atoms with Crippen LogP contribution in [0, 0.1) is 10.8 Å². The number of ether oxygens (including phenoxy) is 2. The lowest BCUT2D eigenvalue weighted by Crippen LogP contribution is -2.59. The molecule has 0 aromatic heterocycles. The molecule has 2 aliphatic heterocycles. The van der Waals surface area contributed by atoms with E-state index in [1.807, 2.05) is 48.5 Å². The van der Waals surface area contributed by atoms with Gasteiger partial charge in [-0.25, -0.2) is 9.59 Å². The van der Waals surface area contributed by atoms with E-state index < -0.39 is 10.8 Å². The van der Waals surface area contributed by atoms with Crippen molar-refractivity contribution in [3.8, 4) is 0 Å². The number of hydrogen-bond donors (Lipinski definition) is 0. The first-order valence-electron chi connectivity index (χ1n) is 15.3. The molecule has 0 N–H and O–H groups in total. The number of carbonyl (C=O) groups excluding carboxylic acids is 2. The Bertz CT molecular complexity index is 1700. The summed E-state index contributed by atoms with van der Waals surface area (Å²) in [5, 5.41) is 0. The average molecular weight is 577 g/mol. The maximum atomic E-state index is 13.9. The third-order valence-corrected chi connectivity index (χ3v) is 10.0. The van der Waals surface area contributed by atoms with Crippen LogP contribution in [0.15, 0.2) is 156 Å². The highest BCUT2D eigenvalue weighted by Crippen LogP contribution is 2.72. The molecule has 3 aliphatic carbocycles. The van der Waals surface area contributed by atoms with E-state index in [2.05, 4.69) is 84.9 Å². The van der Waals surface area contributed by atoms with Crippen LogP contribution in [0.3, 0.4) is 0 Å². The summed E-state index contributed by atoms with van der Waals surface area (Å²) in [5.74, 6) is -0.923. The minimum atomic E-state index is -0.656. The fraction of sp³-hybridized carbons (Fsp3) is 0.200. The smallest absolute Gasteiger partial charge is 0.334 e. The summed E-state index contributed by atoms with van der Waals surface area (Å²) in [5.41, 5.74) is 6.64. The number of esters is 2. The van der Waals surface area contributed by atoms with Gasteiger partial charge in [-0.3, -0.25) is 0 Å². The molecule has 0 saturated heterocycles. The maximum Gasteiger partial charge on any atom is 0.334 e. The van der Waals surface area contributed by atoms with E-state index in [0.29, 0.717) is 24.0 Å². The number of carbonyl (C=O) groups is 2. The normalized spacial score (nSPS) is 27.0. The van der Waals surface area contributed by atoms with Crippen molar-refractivity contribution in [2.24, 2.45) is 10.8 Å². The minimum absolute atomic E-state index is 0.200. The van der Waals surface area contributed by atoms with Crippen LogP contribution in [-0.4, -0.2) is 25.2 Å². The van der Waals surface area contributed by atoms with Crippen molar-refractivity contribution in [1.82, 2.24) is 0 Å². The van der Waals surface area contributed by atoms with Crippen LogP contribution in [0.5, 0.6) is 0 Å². The Hall–Kier alpha value is -4.96. The van der Waals surface area contributed by atoms with Gasteiger partial charge >= 0.3 is 11.9 Å². The van der Waals surface area contributed by atoms with Gasteiger partial charge in [0.05, 0.1) is 10.8 Å². The molecule has 4 atom stereocenters. The summed E-state index contributed by atoms with van der Waals surface area (Å²) in [6.45, 7) is 0.429. The van der Waals surface area contributed by atoms with Crippen LogP contribution in [0.2, 0.25) is 0 Å². The first kappa shape index (κ1) is 26.7. The fourth-order valence-electron chi connectivity index (χ4n) is 8.28. The molecule has 5 aliphatic rings. The van der Waals surface area contributed by atoms with E-state index in [4.69, 9.17) is 9.47 Å². The van der Waals surface area contributed by atoms with Crippen molar-refractivity contribution in [2.75, 3.05) is 13.2 Å². The Morgan fingerprint density at radius 3 is 1.20 bits per heavy atom. The summed E-state index contributed by atoms with van der Waals surface area (Å²) in [6, 6.07) is 41.1. The molecule has 4 aromatic rings. The van der Waals surface area contributed by atoms with E-state index in [1.54, 1.807) is 0 Å². The molecule has 0 unspecified atom stereocenters. The van der Waals surface area contributed by atoms with Crippen LogP contribution < -0.4 is 0 Å². The van der Waals surface area contributed by atoms with Crippen LogP contribution in [0.1, 0.15) is 34.1 Å². The Morgan fingerprint density at radius 2 is 0.841 bits per heavy atom. The third kappa shape index (κ3) is 3.97. The lowest BCUT2D eigenvalue weighted by Gasteiger charge is -2.63. The predicted molar refractivity (Wildman–Crippen MR) is 169 cm³/mol. The molecule has 1 saturated carbocycles. The average Bonchev–Trinajstić information content (AvgIpc) is 3.08. The SMILES string of the molecule is O=C1OC[C@@]23C=C[C@]4(COC(=O)C(Cc5ccccc5)=C4[C@@H]2c2ccccc2)[C@H](c2ccccc2)C3=C1Cc1ccccc1.